The summed E-state index contributed by atoms with van der Waals surface area (Å²) in [6.07, 6.45) is 0. The van der Waals surface area contributed by atoms with Crippen molar-refractivity contribution in [1.29, 1.82) is 0 Å². The molecule has 9 heteroatoms. The van der Waals surface area contributed by atoms with E-state index in [0.717, 1.165) is 28.0 Å². The summed E-state index contributed by atoms with van der Waals surface area (Å²) < 4.78 is 21.8. The van der Waals surface area contributed by atoms with Crippen LogP contribution in [-0.4, -0.2) is 58.9 Å². The van der Waals surface area contributed by atoms with Crippen LogP contribution in [0, 0.1) is 5.82 Å². The molecule has 1 amide bonds. The van der Waals surface area contributed by atoms with E-state index in [9.17, 15) is 9.18 Å². The van der Waals surface area contributed by atoms with Crippen LogP contribution >= 0.6 is 11.8 Å². The smallest absolute Gasteiger partial charge is 0.253 e. The van der Waals surface area contributed by atoms with Gasteiger partial charge in [0.05, 0.1) is 18.5 Å². The van der Waals surface area contributed by atoms with Gasteiger partial charge in [-0.3, -0.25) is 9.36 Å². The highest BCUT2D eigenvalue weighted by Gasteiger charge is 2.24. The number of carbonyl (C=O) groups is 1. The maximum Gasteiger partial charge on any atom is 0.253 e. The number of anilines is 1. The fourth-order valence-corrected chi connectivity index (χ4v) is 5.63. The van der Waals surface area contributed by atoms with E-state index in [4.69, 9.17) is 4.74 Å². The van der Waals surface area contributed by atoms with Crippen molar-refractivity contribution in [3.8, 4) is 11.4 Å². The van der Waals surface area contributed by atoms with E-state index >= 15 is 0 Å². The van der Waals surface area contributed by atoms with Gasteiger partial charge < -0.3 is 14.5 Å². The minimum absolute atomic E-state index is 0.000113. The fourth-order valence-electron chi connectivity index (χ4n) is 4.72. The zero-order valence-electron chi connectivity index (χ0n) is 22.4. The van der Waals surface area contributed by atoms with Gasteiger partial charge in [0.15, 0.2) is 5.16 Å². The average Bonchev–Trinajstić information content (AvgIpc) is 3.40. The van der Waals surface area contributed by atoms with Gasteiger partial charge in [-0.15, -0.1) is 10.2 Å². The topological polar surface area (TPSA) is 63.5 Å². The Kier molecular flexibility index (Phi) is 8.16. The maximum atomic E-state index is 14.1. The molecule has 2 heterocycles. The second-order valence-corrected chi connectivity index (χ2v) is 10.7. The first-order chi connectivity index (χ1) is 19.0. The number of rotatable bonds is 8. The Bertz CT molecular complexity index is 1430. The number of hydrogen-bond donors (Lipinski definition) is 0. The molecule has 0 unspecified atom stereocenters. The van der Waals surface area contributed by atoms with Crippen molar-refractivity contribution in [3.05, 3.63) is 95.6 Å². The Morgan fingerprint density at radius 3 is 2.26 bits per heavy atom. The van der Waals surface area contributed by atoms with E-state index in [1.165, 1.54) is 6.07 Å². The number of benzene rings is 3. The molecule has 0 bridgehead atoms. The molecule has 0 aliphatic carbocycles. The maximum absolute atomic E-state index is 14.1. The highest BCUT2D eigenvalue weighted by atomic mass is 32.2. The largest absolute Gasteiger partial charge is 0.495 e. The van der Waals surface area contributed by atoms with Crippen molar-refractivity contribution in [3.63, 3.8) is 0 Å². The molecule has 1 saturated heterocycles. The van der Waals surface area contributed by atoms with E-state index in [0.29, 0.717) is 43.2 Å². The van der Waals surface area contributed by atoms with Crippen LogP contribution in [-0.2, 0) is 5.75 Å². The molecule has 1 aliphatic heterocycles. The number of ether oxygens (including phenoxy) is 1. The van der Waals surface area contributed by atoms with E-state index in [-0.39, 0.29) is 17.6 Å². The zero-order valence-corrected chi connectivity index (χ0v) is 23.2. The Labute approximate surface area is 232 Å². The van der Waals surface area contributed by atoms with Crippen LogP contribution in [0.3, 0.4) is 0 Å². The van der Waals surface area contributed by atoms with Gasteiger partial charge >= 0.3 is 0 Å². The summed E-state index contributed by atoms with van der Waals surface area (Å²) in [6, 6.07) is 22.4. The van der Waals surface area contributed by atoms with Crippen LogP contribution in [0.2, 0.25) is 0 Å². The zero-order chi connectivity index (χ0) is 27.4. The number of halogens is 1. The molecule has 0 radical (unpaired) electrons. The number of thioether (sulfide) groups is 1. The van der Waals surface area contributed by atoms with Gasteiger partial charge in [0.2, 0.25) is 0 Å². The summed E-state index contributed by atoms with van der Waals surface area (Å²) >= 11 is 1.60. The summed E-state index contributed by atoms with van der Waals surface area (Å²) in [5, 5.41) is 9.73. The number of carbonyl (C=O) groups excluding carboxylic acids is 1. The Morgan fingerprint density at radius 1 is 0.923 bits per heavy atom. The third kappa shape index (κ3) is 5.78. The van der Waals surface area contributed by atoms with Crippen molar-refractivity contribution in [2.24, 2.45) is 0 Å². The second-order valence-electron chi connectivity index (χ2n) is 9.72. The number of nitrogens with zero attached hydrogens (tertiary/aromatic N) is 5. The van der Waals surface area contributed by atoms with Crippen molar-refractivity contribution >= 4 is 23.4 Å². The van der Waals surface area contributed by atoms with Crippen molar-refractivity contribution in [2.75, 3.05) is 38.2 Å². The minimum Gasteiger partial charge on any atom is -0.495 e. The summed E-state index contributed by atoms with van der Waals surface area (Å²) in [5.41, 5.74) is 3.24. The molecule has 5 rings (SSSR count). The van der Waals surface area contributed by atoms with Crippen molar-refractivity contribution < 1.29 is 13.9 Å². The third-order valence-electron chi connectivity index (χ3n) is 6.83. The lowest BCUT2D eigenvalue weighted by atomic mass is 10.1. The number of aromatic nitrogens is 3. The van der Waals surface area contributed by atoms with Gasteiger partial charge in [-0.25, -0.2) is 4.39 Å². The molecule has 4 aromatic rings. The van der Waals surface area contributed by atoms with Gasteiger partial charge in [0.1, 0.15) is 17.4 Å². The van der Waals surface area contributed by atoms with Gasteiger partial charge in [-0.2, -0.15) is 0 Å². The van der Waals surface area contributed by atoms with Crippen LogP contribution in [0.5, 0.6) is 5.75 Å². The SMILES string of the molecule is COc1ccccc1-n1c(SCc2ccc(C(=O)N3CCN(c4ccccc4F)CC3)cc2)nnc1C(C)C. The van der Waals surface area contributed by atoms with Crippen molar-refractivity contribution in [2.45, 2.75) is 30.7 Å². The minimum atomic E-state index is -0.229. The summed E-state index contributed by atoms with van der Waals surface area (Å²) in [4.78, 5) is 17.0. The van der Waals surface area contributed by atoms with Gasteiger partial charge in [0, 0.05) is 43.4 Å². The number of amides is 1. The first-order valence-electron chi connectivity index (χ1n) is 13.1. The van der Waals surface area contributed by atoms with Crippen LogP contribution in [0.15, 0.2) is 78.0 Å². The van der Waals surface area contributed by atoms with E-state index in [1.54, 1.807) is 31.0 Å². The fraction of sp³-hybridized carbons (Fsp3) is 0.300. The Balaban J connectivity index is 1.23. The molecular weight excluding hydrogens is 513 g/mol. The number of hydrogen-bond acceptors (Lipinski definition) is 6. The van der Waals surface area contributed by atoms with Crippen LogP contribution in [0.1, 0.15) is 41.5 Å². The second kappa shape index (κ2) is 11.9. The molecule has 202 valence electrons. The van der Waals surface area contributed by atoms with Crippen LogP contribution in [0.25, 0.3) is 5.69 Å². The summed E-state index contributed by atoms with van der Waals surface area (Å²) in [7, 11) is 1.66. The average molecular weight is 546 g/mol. The normalized spacial score (nSPS) is 13.7. The van der Waals surface area contributed by atoms with Crippen LogP contribution < -0.4 is 9.64 Å². The van der Waals surface area contributed by atoms with Gasteiger partial charge in [-0.05, 0) is 42.0 Å². The van der Waals surface area contributed by atoms with Gasteiger partial charge in [0.25, 0.3) is 5.91 Å². The predicted octanol–water partition coefficient (Wildman–Crippen LogP) is 5.79. The molecule has 1 fully saturated rings. The first-order valence-corrected chi connectivity index (χ1v) is 14.0. The highest BCUT2D eigenvalue weighted by Crippen LogP contribution is 2.32. The molecule has 1 aliphatic rings. The quantitative estimate of drug-likeness (QED) is 0.261. The predicted molar refractivity (Wildman–Crippen MR) is 153 cm³/mol. The molecule has 0 spiro atoms. The summed E-state index contributed by atoms with van der Waals surface area (Å²) in [6.45, 7) is 6.52. The van der Waals surface area contributed by atoms with E-state index in [2.05, 4.69) is 28.6 Å². The number of methoxy groups -OCH3 is 1. The number of piperazine rings is 1. The number of para-hydroxylation sites is 3. The lowest BCUT2D eigenvalue weighted by Crippen LogP contribution is -2.49. The molecule has 39 heavy (non-hydrogen) atoms. The van der Waals surface area contributed by atoms with Gasteiger partial charge in [-0.1, -0.05) is 62.0 Å². The molecular formula is C30H32FN5O2S. The first kappa shape index (κ1) is 26.7. The van der Waals surface area contributed by atoms with E-state index < -0.39 is 0 Å². The lowest BCUT2D eigenvalue weighted by molar-refractivity contribution is 0.0746. The highest BCUT2D eigenvalue weighted by molar-refractivity contribution is 7.98. The molecule has 0 saturated carbocycles. The summed E-state index contributed by atoms with van der Waals surface area (Å²) in [5.74, 6) is 2.28. The molecule has 7 nitrogen and oxygen atoms in total. The van der Waals surface area contributed by atoms with Crippen LogP contribution in [0.4, 0.5) is 10.1 Å². The van der Waals surface area contributed by atoms with Crippen molar-refractivity contribution in [1.82, 2.24) is 19.7 Å². The molecule has 3 aromatic carbocycles. The molecule has 1 aromatic heterocycles. The standard InChI is InChI=1S/C30H32FN5O2S/c1-21(2)28-32-33-30(36(28)26-10-6-7-11-27(26)38-3)39-20-22-12-14-23(15-13-22)29(37)35-18-16-34(17-19-35)25-9-5-4-8-24(25)31/h4-15,21H,16-20H2,1-3H3. The monoisotopic (exact) mass is 545 g/mol. The third-order valence-corrected chi connectivity index (χ3v) is 7.83. The lowest BCUT2D eigenvalue weighted by Gasteiger charge is -2.36. The molecule has 0 N–H and O–H groups in total. The Morgan fingerprint density at radius 2 is 1.59 bits per heavy atom. The Hall–Kier alpha value is -3.85. The molecule has 0 atom stereocenters. The van der Waals surface area contributed by atoms with E-state index in [1.807, 2.05) is 64.4 Å².